The predicted octanol–water partition coefficient (Wildman–Crippen LogP) is 0.272. The number of rotatable bonds is 3. The number of carbonyl (C=O) groups is 1. The summed E-state index contributed by atoms with van der Waals surface area (Å²) in [5.74, 6) is 0. The second kappa shape index (κ2) is 6.17. The fourth-order valence-electron chi connectivity index (χ4n) is 2.08. The van der Waals surface area contributed by atoms with Gasteiger partial charge in [-0.25, -0.2) is 9.48 Å². The zero-order chi connectivity index (χ0) is 14.6. The quantitative estimate of drug-likeness (QED) is 0.856. The number of nitrogens with zero attached hydrogens (tertiary/aromatic N) is 5. The van der Waals surface area contributed by atoms with E-state index in [9.17, 15) is 4.79 Å². The first-order valence-corrected chi connectivity index (χ1v) is 6.86. The van der Waals surface area contributed by atoms with Gasteiger partial charge in [0.05, 0.1) is 0 Å². The van der Waals surface area contributed by atoms with Gasteiger partial charge in [0.15, 0.2) is 0 Å². The number of piperazine rings is 1. The summed E-state index contributed by atoms with van der Waals surface area (Å²) in [6, 6.07) is 0.237. The van der Waals surface area contributed by atoms with Crippen LogP contribution in [0.25, 0.3) is 0 Å². The summed E-state index contributed by atoms with van der Waals surface area (Å²) in [6.07, 6.45) is 2.21. The maximum atomic E-state index is 12.0. The Labute approximate surface area is 118 Å². The van der Waals surface area contributed by atoms with Crippen molar-refractivity contribution < 1.29 is 9.53 Å². The molecular weight excluding hydrogens is 260 g/mol. The van der Waals surface area contributed by atoms with E-state index in [4.69, 9.17) is 4.74 Å². The molecule has 2 rings (SSSR count). The standard InChI is InChI=1S/C12H22N6O2/c1-12(2,3)20-11(19)17-7-5-13-10(8-17)4-6-18-9-14-15-16-18/h9-10,13H,4-8H2,1-3H3. The molecule has 0 radical (unpaired) electrons. The van der Waals surface area contributed by atoms with Crippen LogP contribution in [0.5, 0.6) is 0 Å². The van der Waals surface area contributed by atoms with Crippen LogP contribution >= 0.6 is 0 Å². The van der Waals surface area contributed by atoms with E-state index in [2.05, 4.69) is 20.8 Å². The number of nitrogens with one attached hydrogen (secondary N) is 1. The highest BCUT2D eigenvalue weighted by Crippen LogP contribution is 2.12. The Morgan fingerprint density at radius 1 is 1.50 bits per heavy atom. The lowest BCUT2D eigenvalue weighted by Gasteiger charge is -2.34. The van der Waals surface area contributed by atoms with Gasteiger partial charge in [-0.3, -0.25) is 0 Å². The van der Waals surface area contributed by atoms with Gasteiger partial charge < -0.3 is 15.0 Å². The Bertz CT molecular complexity index is 428. The van der Waals surface area contributed by atoms with Crippen molar-refractivity contribution in [3.05, 3.63) is 6.33 Å². The van der Waals surface area contributed by atoms with Crippen LogP contribution in [0.1, 0.15) is 27.2 Å². The molecule has 8 nitrogen and oxygen atoms in total. The maximum absolute atomic E-state index is 12.0. The molecule has 1 aliphatic rings. The summed E-state index contributed by atoms with van der Waals surface area (Å²) in [6.45, 7) is 8.46. The molecular formula is C12H22N6O2. The lowest BCUT2D eigenvalue weighted by Crippen LogP contribution is -2.53. The van der Waals surface area contributed by atoms with Gasteiger partial charge in [0, 0.05) is 32.2 Å². The van der Waals surface area contributed by atoms with Gasteiger partial charge in [-0.15, -0.1) is 5.10 Å². The SMILES string of the molecule is CC(C)(C)OC(=O)N1CCNC(CCn2cnnn2)C1. The number of amides is 1. The van der Waals surface area contributed by atoms with Crippen molar-refractivity contribution in [1.82, 2.24) is 30.4 Å². The normalized spacial score (nSPS) is 19.9. The second-order valence-corrected chi connectivity index (χ2v) is 5.94. The second-order valence-electron chi connectivity index (χ2n) is 5.94. The van der Waals surface area contributed by atoms with Gasteiger partial charge in [0.1, 0.15) is 11.9 Å². The zero-order valence-electron chi connectivity index (χ0n) is 12.2. The number of hydrogen-bond donors (Lipinski definition) is 1. The van der Waals surface area contributed by atoms with Crippen LogP contribution in [-0.2, 0) is 11.3 Å². The molecule has 0 saturated carbocycles. The molecule has 1 N–H and O–H groups in total. The molecule has 1 aromatic heterocycles. The smallest absolute Gasteiger partial charge is 0.410 e. The Balaban J connectivity index is 1.80. The van der Waals surface area contributed by atoms with Gasteiger partial charge in [0.2, 0.25) is 0 Å². The van der Waals surface area contributed by atoms with Crippen molar-refractivity contribution in [3.63, 3.8) is 0 Å². The Hall–Kier alpha value is -1.70. The summed E-state index contributed by atoms with van der Waals surface area (Å²) in [7, 11) is 0. The monoisotopic (exact) mass is 282 g/mol. The molecule has 1 aliphatic heterocycles. The van der Waals surface area contributed by atoms with E-state index in [1.54, 1.807) is 15.9 Å². The lowest BCUT2D eigenvalue weighted by molar-refractivity contribution is 0.0191. The molecule has 0 bridgehead atoms. The van der Waals surface area contributed by atoms with Gasteiger partial charge >= 0.3 is 6.09 Å². The molecule has 0 spiro atoms. The summed E-state index contributed by atoms with van der Waals surface area (Å²) in [5, 5.41) is 14.4. The third-order valence-corrected chi connectivity index (χ3v) is 3.01. The Kier molecular flexibility index (Phi) is 4.53. The summed E-state index contributed by atoms with van der Waals surface area (Å²) in [5.41, 5.74) is -0.455. The van der Waals surface area contributed by atoms with Gasteiger partial charge in [0.25, 0.3) is 0 Å². The van der Waals surface area contributed by atoms with E-state index in [1.807, 2.05) is 20.8 Å². The predicted molar refractivity (Wildman–Crippen MR) is 72.0 cm³/mol. The number of aromatic nitrogens is 4. The van der Waals surface area contributed by atoms with E-state index < -0.39 is 5.60 Å². The average Bonchev–Trinajstić information content (AvgIpc) is 2.88. The number of ether oxygens (including phenoxy) is 1. The van der Waals surface area contributed by atoms with Crippen molar-refractivity contribution in [2.75, 3.05) is 19.6 Å². The van der Waals surface area contributed by atoms with Gasteiger partial charge in [-0.1, -0.05) is 0 Å². The van der Waals surface area contributed by atoms with Gasteiger partial charge in [-0.05, 0) is 37.6 Å². The zero-order valence-corrected chi connectivity index (χ0v) is 12.2. The summed E-state index contributed by atoms with van der Waals surface area (Å²) in [4.78, 5) is 13.8. The molecule has 2 heterocycles. The van der Waals surface area contributed by atoms with E-state index in [-0.39, 0.29) is 12.1 Å². The molecule has 8 heteroatoms. The minimum Gasteiger partial charge on any atom is -0.444 e. The first-order chi connectivity index (χ1) is 9.44. The number of aryl methyl sites for hydroxylation is 1. The lowest BCUT2D eigenvalue weighted by atomic mass is 10.1. The molecule has 1 unspecified atom stereocenters. The number of hydrogen-bond acceptors (Lipinski definition) is 6. The number of carbonyl (C=O) groups excluding carboxylic acids is 1. The third-order valence-electron chi connectivity index (χ3n) is 3.01. The van der Waals surface area contributed by atoms with Crippen LogP contribution in [0.4, 0.5) is 4.79 Å². The molecule has 1 amide bonds. The molecule has 1 atom stereocenters. The minimum atomic E-state index is -0.455. The molecule has 1 saturated heterocycles. The minimum absolute atomic E-state index is 0.237. The van der Waals surface area contributed by atoms with Crippen molar-refractivity contribution in [2.45, 2.75) is 45.4 Å². The molecule has 112 valence electrons. The topological polar surface area (TPSA) is 85.2 Å². The molecule has 0 aliphatic carbocycles. The summed E-state index contributed by atoms with van der Waals surface area (Å²) >= 11 is 0. The first kappa shape index (κ1) is 14.7. The average molecular weight is 282 g/mol. The van der Waals surface area contributed by atoms with Crippen molar-refractivity contribution >= 4 is 6.09 Å². The van der Waals surface area contributed by atoms with Crippen LogP contribution < -0.4 is 5.32 Å². The molecule has 0 aromatic carbocycles. The van der Waals surface area contributed by atoms with E-state index >= 15 is 0 Å². The Morgan fingerprint density at radius 3 is 2.95 bits per heavy atom. The van der Waals surface area contributed by atoms with Crippen LogP contribution in [0.3, 0.4) is 0 Å². The van der Waals surface area contributed by atoms with Crippen LogP contribution in [0.2, 0.25) is 0 Å². The highest BCUT2D eigenvalue weighted by molar-refractivity contribution is 5.68. The van der Waals surface area contributed by atoms with Crippen molar-refractivity contribution in [3.8, 4) is 0 Å². The van der Waals surface area contributed by atoms with Crippen molar-refractivity contribution in [1.29, 1.82) is 0 Å². The number of tetrazole rings is 1. The molecule has 1 aromatic rings. The first-order valence-electron chi connectivity index (χ1n) is 6.86. The van der Waals surface area contributed by atoms with E-state index in [0.29, 0.717) is 13.1 Å². The third kappa shape index (κ3) is 4.44. The highest BCUT2D eigenvalue weighted by atomic mass is 16.6. The Morgan fingerprint density at radius 2 is 2.30 bits per heavy atom. The van der Waals surface area contributed by atoms with Crippen LogP contribution in [0, 0.1) is 0 Å². The van der Waals surface area contributed by atoms with Gasteiger partial charge in [-0.2, -0.15) is 0 Å². The molecule has 1 fully saturated rings. The fraction of sp³-hybridized carbons (Fsp3) is 0.833. The van der Waals surface area contributed by atoms with E-state index in [1.165, 1.54) is 0 Å². The molecule has 20 heavy (non-hydrogen) atoms. The van der Waals surface area contributed by atoms with Crippen LogP contribution in [0.15, 0.2) is 6.33 Å². The fourth-order valence-corrected chi connectivity index (χ4v) is 2.08. The largest absolute Gasteiger partial charge is 0.444 e. The van der Waals surface area contributed by atoms with Crippen LogP contribution in [-0.4, -0.2) is 62.5 Å². The van der Waals surface area contributed by atoms with E-state index in [0.717, 1.165) is 19.5 Å². The maximum Gasteiger partial charge on any atom is 0.410 e. The highest BCUT2D eigenvalue weighted by Gasteiger charge is 2.27. The summed E-state index contributed by atoms with van der Waals surface area (Å²) < 4.78 is 7.09. The van der Waals surface area contributed by atoms with Crippen molar-refractivity contribution in [2.24, 2.45) is 0 Å².